The number of rotatable bonds is 2. The van der Waals surface area contributed by atoms with Crippen molar-refractivity contribution in [2.24, 2.45) is 5.92 Å². The molecule has 0 spiro atoms. The van der Waals surface area contributed by atoms with Gasteiger partial charge in [-0.1, -0.05) is 25.1 Å². The highest BCUT2D eigenvalue weighted by Crippen LogP contribution is 2.20. The third kappa shape index (κ3) is 2.31. The summed E-state index contributed by atoms with van der Waals surface area (Å²) in [5.41, 5.74) is 1.04. The number of ether oxygens (including phenoxy) is 1. The van der Waals surface area contributed by atoms with Crippen molar-refractivity contribution in [2.45, 2.75) is 19.4 Å². The summed E-state index contributed by atoms with van der Waals surface area (Å²) in [5.74, 6) is 1.50. The van der Waals surface area contributed by atoms with Crippen LogP contribution in [-0.4, -0.2) is 24.2 Å². The van der Waals surface area contributed by atoms with Crippen LogP contribution in [0.4, 0.5) is 5.82 Å². The molecular formula is C15H18N2O. The highest BCUT2D eigenvalue weighted by molar-refractivity contribution is 5.80. The Labute approximate surface area is 107 Å². The van der Waals surface area contributed by atoms with Gasteiger partial charge < -0.3 is 10.1 Å². The van der Waals surface area contributed by atoms with Gasteiger partial charge in [-0.3, -0.25) is 0 Å². The molecule has 2 unspecified atom stereocenters. The molecule has 1 aromatic heterocycles. The van der Waals surface area contributed by atoms with E-state index in [0.29, 0.717) is 12.0 Å². The fraction of sp³-hybridized carbons (Fsp3) is 0.400. The third-order valence-electron chi connectivity index (χ3n) is 3.57. The zero-order chi connectivity index (χ0) is 12.4. The molecule has 0 radical (unpaired) electrons. The molecule has 94 valence electrons. The maximum Gasteiger partial charge on any atom is 0.126 e. The smallest absolute Gasteiger partial charge is 0.126 e. The second-order valence-corrected chi connectivity index (χ2v) is 4.98. The number of pyridine rings is 1. The van der Waals surface area contributed by atoms with Crippen LogP contribution >= 0.6 is 0 Å². The van der Waals surface area contributed by atoms with Crippen LogP contribution in [0.15, 0.2) is 36.4 Å². The maximum atomic E-state index is 5.46. The monoisotopic (exact) mass is 242 g/mol. The number of nitrogens with zero attached hydrogens (tertiary/aromatic N) is 1. The first kappa shape index (κ1) is 11.5. The van der Waals surface area contributed by atoms with Gasteiger partial charge in [0.15, 0.2) is 0 Å². The number of anilines is 1. The van der Waals surface area contributed by atoms with Crippen LogP contribution < -0.4 is 5.32 Å². The minimum absolute atomic E-state index is 0.465. The van der Waals surface area contributed by atoms with E-state index in [1.807, 2.05) is 18.2 Å². The van der Waals surface area contributed by atoms with Crippen molar-refractivity contribution < 1.29 is 4.74 Å². The van der Waals surface area contributed by atoms with E-state index in [1.54, 1.807) is 0 Å². The highest BCUT2D eigenvalue weighted by Gasteiger charge is 2.21. The van der Waals surface area contributed by atoms with E-state index < -0.39 is 0 Å². The van der Waals surface area contributed by atoms with Gasteiger partial charge in [-0.2, -0.15) is 0 Å². The Hall–Kier alpha value is -1.61. The lowest BCUT2D eigenvalue weighted by atomic mass is 9.98. The quantitative estimate of drug-likeness (QED) is 0.878. The number of hydrogen-bond donors (Lipinski definition) is 1. The molecule has 3 nitrogen and oxygen atoms in total. The number of benzene rings is 1. The largest absolute Gasteiger partial charge is 0.381 e. The van der Waals surface area contributed by atoms with Crippen LogP contribution in [-0.2, 0) is 4.74 Å². The lowest BCUT2D eigenvalue weighted by molar-refractivity contribution is 0.0537. The van der Waals surface area contributed by atoms with E-state index in [-0.39, 0.29) is 0 Å². The van der Waals surface area contributed by atoms with Crippen molar-refractivity contribution in [1.82, 2.24) is 4.98 Å². The van der Waals surface area contributed by atoms with Crippen LogP contribution in [0.3, 0.4) is 0 Å². The first-order chi connectivity index (χ1) is 8.83. The fourth-order valence-corrected chi connectivity index (χ4v) is 2.43. The molecule has 1 aliphatic rings. The zero-order valence-electron chi connectivity index (χ0n) is 10.6. The van der Waals surface area contributed by atoms with Gasteiger partial charge in [0, 0.05) is 18.0 Å². The van der Waals surface area contributed by atoms with E-state index in [1.165, 1.54) is 5.39 Å². The van der Waals surface area contributed by atoms with Crippen molar-refractivity contribution in [3.05, 3.63) is 36.4 Å². The van der Waals surface area contributed by atoms with Crippen LogP contribution in [0.1, 0.15) is 13.3 Å². The molecule has 2 atom stereocenters. The molecule has 1 saturated heterocycles. The number of hydrogen-bond acceptors (Lipinski definition) is 3. The van der Waals surface area contributed by atoms with Gasteiger partial charge >= 0.3 is 0 Å². The molecule has 2 heterocycles. The summed E-state index contributed by atoms with van der Waals surface area (Å²) in [6.07, 6.45) is 1.05. The molecule has 3 rings (SSSR count). The Bertz CT molecular complexity index is 541. The van der Waals surface area contributed by atoms with E-state index in [0.717, 1.165) is 31.0 Å². The molecule has 18 heavy (non-hydrogen) atoms. The summed E-state index contributed by atoms with van der Waals surface area (Å²) in [5, 5.41) is 4.72. The molecule has 0 bridgehead atoms. The molecule has 2 aromatic rings. The van der Waals surface area contributed by atoms with Crippen LogP contribution in [0, 0.1) is 5.92 Å². The van der Waals surface area contributed by atoms with Gasteiger partial charge in [0.2, 0.25) is 0 Å². The molecule has 3 heteroatoms. The first-order valence-corrected chi connectivity index (χ1v) is 6.53. The Morgan fingerprint density at radius 1 is 1.22 bits per heavy atom. The van der Waals surface area contributed by atoms with E-state index in [9.17, 15) is 0 Å². The molecule has 0 saturated carbocycles. The second-order valence-electron chi connectivity index (χ2n) is 4.98. The summed E-state index contributed by atoms with van der Waals surface area (Å²) in [6.45, 7) is 3.90. The van der Waals surface area contributed by atoms with Gasteiger partial charge in [-0.15, -0.1) is 0 Å². The standard InChI is InChI=1S/C15H18N2O/c1-11-10-18-9-8-13(11)16-15-7-6-12-4-2-3-5-14(12)17-15/h2-7,11,13H,8-10H2,1H3,(H,16,17). The van der Waals surface area contributed by atoms with Crippen molar-refractivity contribution in [1.29, 1.82) is 0 Å². The Morgan fingerprint density at radius 3 is 3.00 bits per heavy atom. The number of fused-ring (bicyclic) bond motifs is 1. The van der Waals surface area contributed by atoms with Gasteiger partial charge in [-0.25, -0.2) is 4.98 Å². The fourth-order valence-electron chi connectivity index (χ4n) is 2.43. The third-order valence-corrected chi connectivity index (χ3v) is 3.57. The lowest BCUT2D eigenvalue weighted by Gasteiger charge is -2.30. The van der Waals surface area contributed by atoms with Crippen LogP contribution in [0.5, 0.6) is 0 Å². The van der Waals surface area contributed by atoms with Gasteiger partial charge in [-0.05, 0) is 30.5 Å². The van der Waals surface area contributed by atoms with Gasteiger partial charge in [0.1, 0.15) is 5.82 Å². The van der Waals surface area contributed by atoms with Crippen LogP contribution in [0.25, 0.3) is 10.9 Å². The van der Waals surface area contributed by atoms with Gasteiger partial charge in [0.05, 0.1) is 12.1 Å². The Kier molecular flexibility index (Phi) is 3.15. The number of aromatic nitrogens is 1. The number of para-hydroxylation sites is 1. The molecule has 0 aliphatic carbocycles. The minimum Gasteiger partial charge on any atom is -0.381 e. The minimum atomic E-state index is 0.465. The summed E-state index contributed by atoms with van der Waals surface area (Å²) < 4.78 is 5.46. The maximum absolute atomic E-state index is 5.46. The SMILES string of the molecule is CC1COCCC1Nc1ccc2ccccc2n1. The van der Waals surface area contributed by atoms with E-state index in [4.69, 9.17) is 4.74 Å². The lowest BCUT2D eigenvalue weighted by Crippen LogP contribution is -2.36. The van der Waals surface area contributed by atoms with E-state index in [2.05, 4.69) is 35.4 Å². The van der Waals surface area contributed by atoms with Crippen molar-refractivity contribution in [3.63, 3.8) is 0 Å². The van der Waals surface area contributed by atoms with E-state index >= 15 is 0 Å². The molecule has 1 aromatic carbocycles. The first-order valence-electron chi connectivity index (χ1n) is 6.53. The predicted molar refractivity (Wildman–Crippen MR) is 73.8 cm³/mol. The second kappa shape index (κ2) is 4.94. The summed E-state index contributed by atoms with van der Waals surface area (Å²) in [7, 11) is 0. The Balaban J connectivity index is 1.81. The molecular weight excluding hydrogens is 224 g/mol. The molecule has 1 fully saturated rings. The highest BCUT2D eigenvalue weighted by atomic mass is 16.5. The Morgan fingerprint density at radius 2 is 2.11 bits per heavy atom. The van der Waals surface area contributed by atoms with Gasteiger partial charge in [0.25, 0.3) is 0 Å². The molecule has 1 aliphatic heterocycles. The zero-order valence-corrected chi connectivity index (χ0v) is 10.6. The van der Waals surface area contributed by atoms with Crippen molar-refractivity contribution in [3.8, 4) is 0 Å². The summed E-state index contributed by atoms with van der Waals surface area (Å²) in [4.78, 5) is 4.65. The summed E-state index contributed by atoms with van der Waals surface area (Å²) in [6, 6.07) is 12.8. The average molecular weight is 242 g/mol. The van der Waals surface area contributed by atoms with Crippen molar-refractivity contribution in [2.75, 3.05) is 18.5 Å². The predicted octanol–water partition coefficient (Wildman–Crippen LogP) is 3.07. The molecule has 0 amide bonds. The normalized spacial score (nSPS) is 24.1. The summed E-state index contributed by atoms with van der Waals surface area (Å²) >= 11 is 0. The topological polar surface area (TPSA) is 34.1 Å². The average Bonchev–Trinajstić information content (AvgIpc) is 2.41. The van der Waals surface area contributed by atoms with Crippen molar-refractivity contribution >= 4 is 16.7 Å². The molecule has 1 N–H and O–H groups in total. The number of nitrogens with one attached hydrogen (secondary N) is 1. The van der Waals surface area contributed by atoms with Crippen LogP contribution in [0.2, 0.25) is 0 Å².